The second-order valence-corrected chi connectivity index (χ2v) is 2.05. The number of allylic oxidation sites excluding steroid dienone is 1. The predicted octanol–water partition coefficient (Wildman–Crippen LogP) is 0.175. The Hall–Kier alpha value is -1.45. The number of carbonyl (C=O) groups is 3. The average Bonchev–Trinajstić information content (AvgIpc) is 1.87. The van der Waals surface area contributed by atoms with Gasteiger partial charge in [0, 0.05) is 0 Å². The highest BCUT2D eigenvalue weighted by Crippen LogP contribution is 1.93. The van der Waals surface area contributed by atoms with E-state index in [-0.39, 0.29) is 11.4 Å². The number of carbonyl (C=O) groups excluding carboxylic acids is 2. The quantitative estimate of drug-likeness (QED) is 0.467. The summed E-state index contributed by atoms with van der Waals surface area (Å²) in [7, 11) is 0. The van der Waals surface area contributed by atoms with Crippen LogP contribution >= 0.6 is 0 Å². The molecule has 0 spiro atoms. The predicted molar refractivity (Wildman–Crippen MR) is 37.1 cm³/mol. The molecule has 0 aliphatic heterocycles. The van der Waals surface area contributed by atoms with Gasteiger partial charge in [-0.3, -0.25) is 9.59 Å². The van der Waals surface area contributed by atoms with Crippen molar-refractivity contribution in [2.75, 3.05) is 0 Å². The van der Waals surface area contributed by atoms with E-state index in [9.17, 15) is 14.4 Å². The Morgan fingerprint density at radius 1 is 1.18 bits per heavy atom. The number of Topliss-reactive ketones (excluding diaryl/α,β-unsaturated/α-hetero) is 1. The lowest BCUT2D eigenvalue weighted by atomic mass is 10.2. The Labute approximate surface area is 63.5 Å². The van der Waals surface area contributed by atoms with E-state index in [0.29, 0.717) is 0 Å². The van der Waals surface area contributed by atoms with Gasteiger partial charge in [-0.2, -0.15) is 0 Å². The number of carboxylic acid groups (broad SMARTS) is 1. The van der Waals surface area contributed by atoms with Crippen molar-refractivity contribution in [1.82, 2.24) is 0 Å². The van der Waals surface area contributed by atoms with Gasteiger partial charge < -0.3 is 5.11 Å². The Morgan fingerprint density at radius 2 is 1.64 bits per heavy atom. The lowest BCUT2D eigenvalue weighted by Crippen LogP contribution is -2.10. The van der Waals surface area contributed by atoms with Crippen molar-refractivity contribution in [3.8, 4) is 0 Å². The highest BCUT2D eigenvalue weighted by molar-refractivity contribution is 6.38. The topological polar surface area (TPSA) is 71.4 Å². The fraction of sp³-hybridized carbons (Fsp3) is 0.286. The molecule has 11 heavy (non-hydrogen) atoms. The lowest BCUT2D eigenvalue weighted by molar-refractivity contribution is -0.146. The standard InChI is InChI=1S/C7H8O4/c1-4(5(2)8)3-6(9)7(10)11/h3H,1-2H3,(H,10,11)/b4-3+. The maximum absolute atomic E-state index is 10.5. The van der Waals surface area contributed by atoms with Crippen molar-refractivity contribution in [1.29, 1.82) is 0 Å². The van der Waals surface area contributed by atoms with Crippen molar-refractivity contribution < 1.29 is 19.5 Å². The van der Waals surface area contributed by atoms with Crippen molar-refractivity contribution in [2.24, 2.45) is 0 Å². The van der Waals surface area contributed by atoms with Crippen LogP contribution in [0.1, 0.15) is 13.8 Å². The number of ketones is 2. The monoisotopic (exact) mass is 156 g/mol. The molecule has 0 atom stereocenters. The zero-order valence-corrected chi connectivity index (χ0v) is 6.25. The van der Waals surface area contributed by atoms with Crippen molar-refractivity contribution in [3.63, 3.8) is 0 Å². The molecule has 0 radical (unpaired) electrons. The van der Waals surface area contributed by atoms with Crippen LogP contribution in [0, 0.1) is 0 Å². The molecule has 1 N–H and O–H groups in total. The number of hydrogen-bond donors (Lipinski definition) is 1. The normalized spacial score (nSPS) is 10.9. The molecular formula is C7H8O4. The van der Waals surface area contributed by atoms with E-state index in [1.54, 1.807) is 0 Å². The van der Waals surface area contributed by atoms with E-state index in [2.05, 4.69) is 0 Å². The molecule has 60 valence electrons. The molecular weight excluding hydrogens is 148 g/mol. The summed E-state index contributed by atoms with van der Waals surface area (Å²) in [5.41, 5.74) is 0.150. The van der Waals surface area contributed by atoms with Crippen LogP contribution in [0.15, 0.2) is 11.6 Å². The first-order valence-electron chi connectivity index (χ1n) is 2.91. The van der Waals surface area contributed by atoms with Crippen LogP contribution in [0.4, 0.5) is 0 Å². The van der Waals surface area contributed by atoms with Crippen molar-refractivity contribution in [3.05, 3.63) is 11.6 Å². The lowest BCUT2D eigenvalue weighted by Gasteiger charge is -1.89. The summed E-state index contributed by atoms with van der Waals surface area (Å²) in [5, 5.41) is 8.11. The largest absolute Gasteiger partial charge is 0.475 e. The van der Waals surface area contributed by atoms with Gasteiger partial charge in [-0.1, -0.05) is 0 Å². The maximum atomic E-state index is 10.5. The molecule has 0 amide bonds. The molecule has 0 saturated carbocycles. The average molecular weight is 156 g/mol. The first-order valence-corrected chi connectivity index (χ1v) is 2.91. The third-order valence-electron chi connectivity index (χ3n) is 1.11. The van der Waals surface area contributed by atoms with Crippen LogP contribution < -0.4 is 0 Å². The number of hydrogen-bond acceptors (Lipinski definition) is 3. The van der Waals surface area contributed by atoms with Gasteiger partial charge in [0.2, 0.25) is 0 Å². The molecule has 4 nitrogen and oxygen atoms in total. The van der Waals surface area contributed by atoms with Crippen LogP contribution in [-0.2, 0) is 14.4 Å². The van der Waals surface area contributed by atoms with E-state index >= 15 is 0 Å². The Morgan fingerprint density at radius 3 is 1.91 bits per heavy atom. The third-order valence-corrected chi connectivity index (χ3v) is 1.11. The van der Waals surface area contributed by atoms with E-state index in [1.807, 2.05) is 0 Å². The minimum atomic E-state index is -1.55. The van der Waals surface area contributed by atoms with Crippen molar-refractivity contribution in [2.45, 2.75) is 13.8 Å². The van der Waals surface area contributed by atoms with Crippen LogP contribution in [0.2, 0.25) is 0 Å². The minimum Gasteiger partial charge on any atom is -0.475 e. The summed E-state index contributed by atoms with van der Waals surface area (Å²) < 4.78 is 0. The van der Waals surface area contributed by atoms with E-state index < -0.39 is 11.8 Å². The summed E-state index contributed by atoms with van der Waals surface area (Å²) in [4.78, 5) is 30.9. The Bertz CT molecular complexity index is 237. The zero-order valence-electron chi connectivity index (χ0n) is 6.25. The van der Waals surface area contributed by atoms with E-state index in [1.165, 1.54) is 13.8 Å². The van der Waals surface area contributed by atoms with Crippen LogP contribution in [0.25, 0.3) is 0 Å². The first-order chi connectivity index (χ1) is 4.95. The SMILES string of the molecule is CC(=O)/C(C)=C/C(=O)C(=O)O. The fourth-order valence-corrected chi connectivity index (χ4v) is 0.360. The minimum absolute atomic E-state index is 0.150. The molecule has 0 bridgehead atoms. The third kappa shape index (κ3) is 3.30. The molecule has 0 rings (SSSR count). The summed E-state index contributed by atoms with van der Waals surface area (Å²) in [5.74, 6) is -2.93. The van der Waals surface area contributed by atoms with Gasteiger partial charge in [-0.25, -0.2) is 4.79 Å². The van der Waals surface area contributed by atoms with Gasteiger partial charge in [0.1, 0.15) is 0 Å². The van der Waals surface area contributed by atoms with Gasteiger partial charge >= 0.3 is 5.97 Å². The second kappa shape index (κ2) is 3.65. The molecule has 0 aromatic rings. The van der Waals surface area contributed by atoms with E-state index in [4.69, 9.17) is 5.11 Å². The summed E-state index contributed by atoms with van der Waals surface area (Å²) >= 11 is 0. The number of carboxylic acids is 1. The summed E-state index contributed by atoms with van der Waals surface area (Å²) in [6, 6.07) is 0. The second-order valence-electron chi connectivity index (χ2n) is 2.05. The highest BCUT2D eigenvalue weighted by atomic mass is 16.4. The van der Waals surface area contributed by atoms with Gasteiger partial charge in [0.25, 0.3) is 5.78 Å². The first kappa shape index (κ1) is 9.55. The molecule has 0 aromatic carbocycles. The smallest absolute Gasteiger partial charge is 0.376 e. The zero-order chi connectivity index (χ0) is 9.02. The maximum Gasteiger partial charge on any atom is 0.376 e. The van der Waals surface area contributed by atoms with Gasteiger partial charge in [0.05, 0.1) is 0 Å². The van der Waals surface area contributed by atoms with Gasteiger partial charge in [0.15, 0.2) is 5.78 Å². The molecule has 0 saturated heterocycles. The molecule has 0 aromatic heterocycles. The molecule has 4 heteroatoms. The van der Waals surface area contributed by atoms with Crippen LogP contribution in [0.3, 0.4) is 0 Å². The van der Waals surface area contributed by atoms with Gasteiger partial charge in [-0.15, -0.1) is 0 Å². The molecule has 0 aliphatic rings. The Kier molecular flexibility index (Phi) is 3.17. The number of aliphatic carboxylic acids is 1. The fourth-order valence-electron chi connectivity index (χ4n) is 0.360. The number of rotatable bonds is 3. The molecule has 0 aliphatic carbocycles. The van der Waals surface area contributed by atoms with Crippen molar-refractivity contribution >= 4 is 17.5 Å². The Balaban J connectivity index is 4.44. The van der Waals surface area contributed by atoms with E-state index in [0.717, 1.165) is 6.08 Å². The summed E-state index contributed by atoms with van der Waals surface area (Å²) in [6.07, 6.45) is 0.810. The molecule has 0 fully saturated rings. The van der Waals surface area contributed by atoms with Crippen LogP contribution in [0.5, 0.6) is 0 Å². The van der Waals surface area contributed by atoms with Gasteiger partial charge in [-0.05, 0) is 25.5 Å². The van der Waals surface area contributed by atoms with Crippen LogP contribution in [-0.4, -0.2) is 22.6 Å². The summed E-state index contributed by atoms with van der Waals surface area (Å²) in [6.45, 7) is 2.66. The highest BCUT2D eigenvalue weighted by Gasteiger charge is 2.08. The molecule has 0 unspecified atom stereocenters. The molecule has 0 heterocycles.